The van der Waals surface area contributed by atoms with E-state index in [0.717, 1.165) is 43.7 Å². The Morgan fingerprint density at radius 1 is 1.30 bits per heavy atom. The van der Waals surface area contributed by atoms with Gasteiger partial charge in [0.2, 0.25) is 5.91 Å². The molecule has 1 unspecified atom stereocenters. The molecule has 23 heavy (non-hydrogen) atoms. The summed E-state index contributed by atoms with van der Waals surface area (Å²) in [5, 5.41) is 5.30. The van der Waals surface area contributed by atoms with Crippen molar-refractivity contribution in [2.24, 2.45) is 0 Å². The molecule has 0 radical (unpaired) electrons. The van der Waals surface area contributed by atoms with E-state index >= 15 is 0 Å². The average Bonchev–Trinajstić information content (AvgIpc) is 3.03. The van der Waals surface area contributed by atoms with Crippen LogP contribution in [0, 0.1) is 0 Å². The van der Waals surface area contributed by atoms with Crippen LogP contribution < -0.4 is 11.1 Å². The van der Waals surface area contributed by atoms with Crippen LogP contribution in [-0.4, -0.2) is 29.9 Å². The summed E-state index contributed by atoms with van der Waals surface area (Å²) in [5.74, 6) is 0.0951. The molecule has 0 saturated carbocycles. The van der Waals surface area contributed by atoms with E-state index in [9.17, 15) is 4.79 Å². The van der Waals surface area contributed by atoms with Gasteiger partial charge in [-0.25, -0.2) is 0 Å². The molecule has 2 heterocycles. The van der Waals surface area contributed by atoms with Gasteiger partial charge in [-0.1, -0.05) is 18.2 Å². The van der Waals surface area contributed by atoms with E-state index in [0.29, 0.717) is 6.42 Å². The van der Waals surface area contributed by atoms with Crippen LogP contribution in [0.3, 0.4) is 0 Å². The number of nitrogen functional groups attached to an aromatic ring is 1. The van der Waals surface area contributed by atoms with Crippen LogP contribution in [-0.2, 0) is 17.8 Å². The van der Waals surface area contributed by atoms with Gasteiger partial charge in [0.1, 0.15) is 0 Å². The maximum Gasteiger partial charge on any atom is 0.224 e. The van der Waals surface area contributed by atoms with Gasteiger partial charge in [-0.05, 0) is 48.5 Å². The number of piperidine rings is 1. The predicted octanol–water partition coefficient (Wildman–Crippen LogP) is 2.65. The predicted molar refractivity (Wildman–Crippen MR) is 95.3 cm³/mol. The van der Waals surface area contributed by atoms with Gasteiger partial charge in [0.15, 0.2) is 0 Å². The number of carbonyl (C=O) groups excluding carboxylic acids is 1. The van der Waals surface area contributed by atoms with Crippen molar-refractivity contribution in [2.75, 3.05) is 18.8 Å². The van der Waals surface area contributed by atoms with Gasteiger partial charge in [0, 0.05) is 29.7 Å². The molecule has 1 amide bonds. The van der Waals surface area contributed by atoms with Crippen LogP contribution in [0.15, 0.2) is 41.8 Å². The third kappa shape index (κ3) is 4.81. The molecule has 1 saturated heterocycles. The van der Waals surface area contributed by atoms with Gasteiger partial charge < -0.3 is 11.1 Å². The quantitative estimate of drug-likeness (QED) is 0.829. The van der Waals surface area contributed by atoms with Gasteiger partial charge >= 0.3 is 0 Å². The lowest BCUT2D eigenvalue weighted by Gasteiger charge is -2.32. The molecule has 1 aliphatic rings. The van der Waals surface area contributed by atoms with Crippen LogP contribution in [0.1, 0.15) is 23.3 Å². The maximum absolute atomic E-state index is 12.2. The van der Waals surface area contributed by atoms with E-state index in [1.165, 1.54) is 4.88 Å². The van der Waals surface area contributed by atoms with Crippen LogP contribution in [0.25, 0.3) is 0 Å². The number of thiophene rings is 1. The van der Waals surface area contributed by atoms with Crippen molar-refractivity contribution in [3.05, 3.63) is 52.2 Å². The van der Waals surface area contributed by atoms with E-state index in [1.54, 1.807) is 11.3 Å². The summed E-state index contributed by atoms with van der Waals surface area (Å²) in [6.45, 7) is 3.04. The molecule has 0 spiro atoms. The molecule has 1 fully saturated rings. The molecule has 3 rings (SSSR count). The molecular weight excluding hydrogens is 306 g/mol. The minimum absolute atomic E-state index is 0.0951. The first-order valence-electron chi connectivity index (χ1n) is 8.07. The second-order valence-electron chi connectivity index (χ2n) is 6.14. The fourth-order valence-corrected chi connectivity index (χ4v) is 3.79. The van der Waals surface area contributed by atoms with Crippen LogP contribution in [0.2, 0.25) is 0 Å². The number of amides is 1. The number of hydrogen-bond donors (Lipinski definition) is 2. The summed E-state index contributed by atoms with van der Waals surface area (Å²) in [6.07, 6.45) is 2.62. The Kier molecular flexibility index (Phi) is 5.31. The highest BCUT2D eigenvalue weighted by Crippen LogP contribution is 2.17. The van der Waals surface area contributed by atoms with E-state index in [1.807, 2.05) is 24.3 Å². The Morgan fingerprint density at radius 3 is 2.87 bits per heavy atom. The van der Waals surface area contributed by atoms with Crippen molar-refractivity contribution in [3.8, 4) is 0 Å². The zero-order valence-corrected chi connectivity index (χ0v) is 14.0. The molecule has 4 nitrogen and oxygen atoms in total. The third-order valence-corrected chi connectivity index (χ3v) is 5.04. The molecule has 1 atom stereocenters. The van der Waals surface area contributed by atoms with Gasteiger partial charge in [0.25, 0.3) is 0 Å². The number of likely N-dealkylation sites (tertiary alicyclic amines) is 1. The smallest absolute Gasteiger partial charge is 0.224 e. The Balaban J connectivity index is 1.48. The van der Waals surface area contributed by atoms with Crippen molar-refractivity contribution in [1.82, 2.24) is 10.2 Å². The van der Waals surface area contributed by atoms with Gasteiger partial charge in [-0.3, -0.25) is 9.69 Å². The van der Waals surface area contributed by atoms with E-state index in [4.69, 9.17) is 5.73 Å². The number of anilines is 1. The highest BCUT2D eigenvalue weighted by atomic mass is 32.1. The fraction of sp³-hybridized carbons (Fsp3) is 0.389. The van der Waals surface area contributed by atoms with E-state index < -0.39 is 0 Å². The fourth-order valence-electron chi connectivity index (χ4n) is 3.04. The Hall–Kier alpha value is -1.85. The zero-order chi connectivity index (χ0) is 16.1. The average molecular weight is 329 g/mol. The normalized spacial score (nSPS) is 18.7. The number of nitrogens with zero attached hydrogens (tertiary/aromatic N) is 1. The molecule has 0 aliphatic carbocycles. The number of rotatable bonds is 5. The lowest BCUT2D eigenvalue weighted by Crippen LogP contribution is -2.47. The summed E-state index contributed by atoms with van der Waals surface area (Å²) in [5.41, 5.74) is 7.40. The van der Waals surface area contributed by atoms with E-state index in [2.05, 4.69) is 27.7 Å². The number of hydrogen-bond acceptors (Lipinski definition) is 4. The number of nitrogens with two attached hydrogens (primary N) is 1. The standard InChI is InChI=1S/C18H23N3OS/c19-15-7-5-14(6-8-15)11-18(22)20-16-3-1-9-21(12-16)13-17-4-2-10-23-17/h2,4-8,10,16H,1,3,9,11-13,19H2,(H,20,22). The summed E-state index contributed by atoms with van der Waals surface area (Å²) in [4.78, 5) is 16.1. The van der Waals surface area contributed by atoms with Gasteiger partial charge in [-0.15, -0.1) is 11.3 Å². The van der Waals surface area contributed by atoms with Crippen molar-refractivity contribution >= 4 is 22.9 Å². The number of benzene rings is 1. The van der Waals surface area contributed by atoms with Crippen LogP contribution in [0.5, 0.6) is 0 Å². The zero-order valence-electron chi connectivity index (χ0n) is 13.2. The minimum Gasteiger partial charge on any atom is -0.399 e. The first kappa shape index (κ1) is 16.0. The van der Waals surface area contributed by atoms with E-state index in [-0.39, 0.29) is 11.9 Å². The highest BCUT2D eigenvalue weighted by Gasteiger charge is 2.21. The first-order valence-corrected chi connectivity index (χ1v) is 8.95. The molecular formula is C18H23N3OS. The van der Waals surface area contributed by atoms with Crippen LogP contribution >= 0.6 is 11.3 Å². The highest BCUT2D eigenvalue weighted by molar-refractivity contribution is 7.09. The van der Waals surface area contributed by atoms with Crippen molar-refractivity contribution < 1.29 is 4.79 Å². The second kappa shape index (κ2) is 7.62. The SMILES string of the molecule is Nc1ccc(CC(=O)NC2CCCN(Cc3cccs3)C2)cc1. The summed E-state index contributed by atoms with van der Waals surface area (Å²) in [7, 11) is 0. The van der Waals surface area contributed by atoms with Crippen molar-refractivity contribution in [3.63, 3.8) is 0 Å². The Bertz CT molecular complexity index is 624. The minimum atomic E-state index is 0.0951. The summed E-state index contributed by atoms with van der Waals surface area (Å²) < 4.78 is 0. The maximum atomic E-state index is 12.2. The largest absolute Gasteiger partial charge is 0.399 e. The second-order valence-corrected chi connectivity index (χ2v) is 7.17. The number of nitrogens with one attached hydrogen (secondary N) is 1. The van der Waals surface area contributed by atoms with Crippen molar-refractivity contribution in [1.29, 1.82) is 0 Å². The number of carbonyl (C=O) groups is 1. The monoisotopic (exact) mass is 329 g/mol. The van der Waals surface area contributed by atoms with Crippen molar-refractivity contribution in [2.45, 2.75) is 31.8 Å². The molecule has 1 aromatic carbocycles. The van der Waals surface area contributed by atoms with Crippen LogP contribution in [0.4, 0.5) is 5.69 Å². The first-order chi connectivity index (χ1) is 11.2. The molecule has 1 aromatic heterocycles. The third-order valence-electron chi connectivity index (χ3n) is 4.17. The molecule has 5 heteroatoms. The molecule has 3 N–H and O–H groups in total. The van der Waals surface area contributed by atoms with Gasteiger partial charge in [-0.2, -0.15) is 0 Å². The lowest BCUT2D eigenvalue weighted by molar-refractivity contribution is -0.121. The molecule has 0 bridgehead atoms. The summed E-state index contributed by atoms with van der Waals surface area (Å²) >= 11 is 1.80. The molecule has 2 aromatic rings. The Labute approximate surface area is 141 Å². The topological polar surface area (TPSA) is 58.4 Å². The Morgan fingerprint density at radius 2 is 2.13 bits per heavy atom. The lowest BCUT2D eigenvalue weighted by atomic mass is 10.0. The summed E-state index contributed by atoms with van der Waals surface area (Å²) in [6, 6.07) is 12.0. The molecule has 1 aliphatic heterocycles. The molecule has 122 valence electrons. The van der Waals surface area contributed by atoms with Gasteiger partial charge in [0.05, 0.1) is 6.42 Å².